The van der Waals surface area contributed by atoms with Gasteiger partial charge in [0.05, 0.1) is 12.6 Å². The van der Waals surface area contributed by atoms with E-state index < -0.39 is 0 Å². The van der Waals surface area contributed by atoms with Crippen molar-refractivity contribution in [3.8, 4) is 0 Å². The third-order valence-corrected chi connectivity index (χ3v) is 1.22. The molecule has 3 nitrogen and oxygen atoms in total. The molecule has 0 saturated carbocycles. The highest BCUT2D eigenvalue weighted by atomic mass is 35.5. The van der Waals surface area contributed by atoms with Crippen molar-refractivity contribution >= 4 is 12.4 Å². The second kappa shape index (κ2) is 4.33. The highest BCUT2D eigenvalue weighted by Crippen LogP contribution is 2.03. The van der Waals surface area contributed by atoms with E-state index in [0.717, 1.165) is 5.69 Å². The first kappa shape index (κ1) is 9.49. The van der Waals surface area contributed by atoms with Crippen LogP contribution in [0.25, 0.3) is 0 Å². The number of hydrogen-bond donors (Lipinski definition) is 3. The number of aliphatic hydroxyl groups excluding tert-OH is 1. The van der Waals surface area contributed by atoms with Crippen molar-refractivity contribution in [2.75, 3.05) is 6.61 Å². The number of halogens is 1. The fourth-order valence-electron chi connectivity index (χ4n) is 0.673. The van der Waals surface area contributed by atoms with Gasteiger partial charge in [-0.05, 0) is 12.1 Å². The predicted molar refractivity (Wildman–Crippen MR) is 42.1 cm³/mol. The molecule has 0 aliphatic carbocycles. The molecular formula is C6H11ClN2O. The number of hydrogen-bond acceptors (Lipinski definition) is 2. The van der Waals surface area contributed by atoms with Crippen LogP contribution >= 0.6 is 12.4 Å². The van der Waals surface area contributed by atoms with Crippen LogP contribution in [-0.2, 0) is 0 Å². The first-order valence-corrected chi connectivity index (χ1v) is 2.84. The van der Waals surface area contributed by atoms with Gasteiger partial charge in [0, 0.05) is 11.9 Å². The summed E-state index contributed by atoms with van der Waals surface area (Å²) in [7, 11) is 0. The second-order valence-corrected chi connectivity index (χ2v) is 1.91. The first-order chi connectivity index (χ1) is 4.34. The average Bonchev–Trinajstić information content (AvgIpc) is 2.37. The van der Waals surface area contributed by atoms with Gasteiger partial charge in [-0.1, -0.05) is 0 Å². The number of rotatable bonds is 2. The van der Waals surface area contributed by atoms with Gasteiger partial charge in [-0.25, -0.2) is 0 Å². The molecule has 0 aliphatic heterocycles. The Morgan fingerprint density at radius 3 is 2.80 bits per heavy atom. The van der Waals surface area contributed by atoms with Gasteiger partial charge in [0.25, 0.3) is 0 Å². The molecule has 1 atom stereocenters. The minimum absolute atomic E-state index is 0. The molecule has 4 N–H and O–H groups in total. The Kier molecular flexibility index (Phi) is 4.11. The van der Waals surface area contributed by atoms with Crippen LogP contribution in [0.3, 0.4) is 0 Å². The fraction of sp³-hybridized carbons (Fsp3) is 0.333. The average molecular weight is 163 g/mol. The molecule has 0 spiro atoms. The maximum Gasteiger partial charge on any atom is 0.0682 e. The van der Waals surface area contributed by atoms with E-state index in [1.54, 1.807) is 6.20 Å². The normalized spacial score (nSPS) is 12.2. The van der Waals surface area contributed by atoms with Crippen LogP contribution in [0.5, 0.6) is 0 Å². The Labute approximate surface area is 65.7 Å². The molecule has 0 unspecified atom stereocenters. The monoisotopic (exact) mass is 162 g/mol. The van der Waals surface area contributed by atoms with Crippen molar-refractivity contribution in [3.05, 3.63) is 24.0 Å². The Morgan fingerprint density at radius 1 is 1.70 bits per heavy atom. The highest BCUT2D eigenvalue weighted by molar-refractivity contribution is 5.85. The molecule has 4 heteroatoms. The van der Waals surface area contributed by atoms with Crippen molar-refractivity contribution in [1.29, 1.82) is 0 Å². The van der Waals surface area contributed by atoms with Crippen molar-refractivity contribution in [3.63, 3.8) is 0 Å². The van der Waals surface area contributed by atoms with Crippen molar-refractivity contribution in [2.24, 2.45) is 5.73 Å². The van der Waals surface area contributed by atoms with E-state index in [0.29, 0.717) is 0 Å². The zero-order valence-electron chi connectivity index (χ0n) is 5.45. The summed E-state index contributed by atoms with van der Waals surface area (Å²) in [5, 5.41) is 8.56. The van der Waals surface area contributed by atoms with Crippen LogP contribution in [0, 0.1) is 0 Å². The molecule has 10 heavy (non-hydrogen) atoms. The van der Waals surface area contributed by atoms with Crippen LogP contribution in [0.2, 0.25) is 0 Å². The van der Waals surface area contributed by atoms with Gasteiger partial charge in [-0.3, -0.25) is 0 Å². The van der Waals surface area contributed by atoms with Crippen LogP contribution in [0.15, 0.2) is 18.3 Å². The van der Waals surface area contributed by atoms with E-state index in [2.05, 4.69) is 4.98 Å². The topological polar surface area (TPSA) is 62.0 Å². The zero-order valence-corrected chi connectivity index (χ0v) is 6.27. The molecule has 0 bridgehead atoms. The van der Waals surface area contributed by atoms with Crippen molar-refractivity contribution < 1.29 is 5.11 Å². The van der Waals surface area contributed by atoms with Gasteiger partial charge in [-0.15, -0.1) is 12.4 Å². The number of aliphatic hydroxyl groups is 1. The minimum atomic E-state index is -0.264. The molecule has 1 aromatic heterocycles. The van der Waals surface area contributed by atoms with Crippen LogP contribution < -0.4 is 5.73 Å². The van der Waals surface area contributed by atoms with Crippen molar-refractivity contribution in [1.82, 2.24) is 4.98 Å². The summed E-state index contributed by atoms with van der Waals surface area (Å²) in [6.07, 6.45) is 1.78. The summed E-state index contributed by atoms with van der Waals surface area (Å²) < 4.78 is 0. The summed E-state index contributed by atoms with van der Waals surface area (Å²) in [5.41, 5.74) is 6.33. The van der Waals surface area contributed by atoms with E-state index >= 15 is 0 Å². The highest BCUT2D eigenvalue weighted by Gasteiger charge is 2.01. The summed E-state index contributed by atoms with van der Waals surface area (Å²) in [5.74, 6) is 0. The van der Waals surface area contributed by atoms with Gasteiger partial charge < -0.3 is 15.8 Å². The Morgan fingerprint density at radius 2 is 2.40 bits per heavy atom. The van der Waals surface area contributed by atoms with E-state index in [1.165, 1.54) is 0 Å². The molecule has 0 fully saturated rings. The van der Waals surface area contributed by atoms with Crippen LogP contribution in [0.4, 0.5) is 0 Å². The lowest BCUT2D eigenvalue weighted by Gasteiger charge is -2.02. The lowest BCUT2D eigenvalue weighted by molar-refractivity contribution is 0.266. The fourth-order valence-corrected chi connectivity index (χ4v) is 0.673. The van der Waals surface area contributed by atoms with E-state index in [-0.39, 0.29) is 25.1 Å². The van der Waals surface area contributed by atoms with E-state index in [9.17, 15) is 0 Å². The second-order valence-electron chi connectivity index (χ2n) is 1.91. The number of nitrogens with one attached hydrogen (secondary N) is 1. The van der Waals surface area contributed by atoms with Gasteiger partial charge >= 0.3 is 0 Å². The van der Waals surface area contributed by atoms with Crippen LogP contribution in [-0.4, -0.2) is 16.7 Å². The quantitative estimate of drug-likeness (QED) is 0.591. The Balaban J connectivity index is 0.000000810. The number of aromatic amines is 1. The molecule has 0 aromatic carbocycles. The molecular weight excluding hydrogens is 152 g/mol. The summed E-state index contributed by atoms with van der Waals surface area (Å²) in [6, 6.07) is 3.44. The molecule has 1 heterocycles. The summed E-state index contributed by atoms with van der Waals surface area (Å²) >= 11 is 0. The Hall–Kier alpha value is -0.510. The maximum absolute atomic E-state index is 8.56. The number of aromatic nitrogens is 1. The predicted octanol–water partition coefficient (Wildman–Crippen LogP) is 0.429. The third-order valence-electron chi connectivity index (χ3n) is 1.22. The molecule has 0 amide bonds. The smallest absolute Gasteiger partial charge is 0.0682 e. The molecule has 1 aromatic rings. The van der Waals surface area contributed by atoms with Gasteiger partial charge in [0.15, 0.2) is 0 Å². The summed E-state index contributed by atoms with van der Waals surface area (Å²) in [4.78, 5) is 2.90. The lowest BCUT2D eigenvalue weighted by atomic mass is 10.2. The minimum Gasteiger partial charge on any atom is -0.394 e. The molecule has 0 radical (unpaired) electrons. The first-order valence-electron chi connectivity index (χ1n) is 2.84. The van der Waals surface area contributed by atoms with Gasteiger partial charge in [-0.2, -0.15) is 0 Å². The molecule has 58 valence electrons. The SMILES string of the molecule is Cl.N[C@H](CO)c1ccc[nH]1. The lowest BCUT2D eigenvalue weighted by Crippen LogP contribution is -2.14. The zero-order chi connectivity index (χ0) is 6.69. The third kappa shape index (κ3) is 2.02. The van der Waals surface area contributed by atoms with Crippen molar-refractivity contribution in [2.45, 2.75) is 6.04 Å². The van der Waals surface area contributed by atoms with Gasteiger partial charge in [0.2, 0.25) is 0 Å². The van der Waals surface area contributed by atoms with Gasteiger partial charge in [0.1, 0.15) is 0 Å². The van der Waals surface area contributed by atoms with Crippen LogP contribution in [0.1, 0.15) is 11.7 Å². The summed E-state index contributed by atoms with van der Waals surface area (Å²) in [6.45, 7) is -0.0134. The number of H-pyrrole nitrogens is 1. The largest absolute Gasteiger partial charge is 0.394 e. The molecule has 1 rings (SSSR count). The Bertz CT molecular complexity index is 164. The standard InChI is InChI=1S/C6H10N2O.ClH/c7-5(4-9)6-2-1-3-8-6;/h1-3,5,8-9H,4,7H2;1H/t5-;/m1./s1. The van der Waals surface area contributed by atoms with E-state index in [1.807, 2.05) is 12.1 Å². The molecule has 0 aliphatic rings. The number of nitrogens with two attached hydrogens (primary N) is 1. The molecule has 0 saturated heterocycles. The maximum atomic E-state index is 8.56. The van der Waals surface area contributed by atoms with E-state index in [4.69, 9.17) is 10.8 Å².